The van der Waals surface area contributed by atoms with Gasteiger partial charge in [0.15, 0.2) is 10.8 Å². The fourth-order valence-electron chi connectivity index (χ4n) is 3.10. The molecular formula is C19H22ClF3N4O2S2. The molecule has 170 valence electrons. The first-order valence-corrected chi connectivity index (χ1v) is 11.3. The first-order chi connectivity index (χ1) is 14.7. The van der Waals surface area contributed by atoms with Crippen LogP contribution in [0, 0.1) is 0 Å². The molecule has 0 aromatic carbocycles. The van der Waals surface area contributed by atoms with Crippen LogP contribution in [0.2, 0.25) is 5.02 Å². The van der Waals surface area contributed by atoms with Gasteiger partial charge in [-0.1, -0.05) is 18.5 Å². The van der Waals surface area contributed by atoms with Gasteiger partial charge in [-0.25, -0.2) is 4.79 Å². The number of aryl methyl sites for hydroxylation is 2. The standard InChI is InChI=1S/C19H22ClF3N4O2S2/c1-3-11-9-12(17(28)29-2)16(31-11)25-18(30)24-7-4-8-27-14(10-5-6-10)13(20)15(26-27)19(21,22)23/h9-10H,3-8H2,1-2H3,(H2,24,25,30). The molecule has 0 radical (unpaired) electrons. The van der Waals surface area contributed by atoms with Crippen LogP contribution in [0.15, 0.2) is 6.07 Å². The zero-order valence-corrected chi connectivity index (χ0v) is 19.3. The van der Waals surface area contributed by atoms with E-state index in [1.807, 2.05) is 6.92 Å². The Hall–Kier alpha value is -1.85. The highest BCUT2D eigenvalue weighted by Crippen LogP contribution is 2.46. The van der Waals surface area contributed by atoms with E-state index in [4.69, 9.17) is 28.6 Å². The summed E-state index contributed by atoms with van der Waals surface area (Å²) >= 11 is 12.7. The molecule has 0 spiro atoms. The number of hydrogen-bond donors (Lipinski definition) is 2. The monoisotopic (exact) mass is 494 g/mol. The van der Waals surface area contributed by atoms with E-state index in [0.717, 1.165) is 24.1 Å². The highest BCUT2D eigenvalue weighted by molar-refractivity contribution is 7.80. The molecule has 0 atom stereocenters. The summed E-state index contributed by atoms with van der Waals surface area (Å²) < 4.78 is 45.6. The predicted molar refractivity (Wildman–Crippen MR) is 118 cm³/mol. The van der Waals surface area contributed by atoms with Crippen molar-refractivity contribution in [3.05, 3.63) is 32.9 Å². The van der Waals surface area contributed by atoms with Crippen LogP contribution in [0.5, 0.6) is 0 Å². The lowest BCUT2D eigenvalue weighted by Crippen LogP contribution is -2.30. The number of carbonyl (C=O) groups is 1. The zero-order valence-electron chi connectivity index (χ0n) is 16.9. The summed E-state index contributed by atoms with van der Waals surface area (Å²) in [6, 6.07) is 1.76. The fraction of sp³-hybridized carbons (Fsp3) is 0.526. The number of aromatic nitrogens is 2. The van der Waals surface area contributed by atoms with Crippen LogP contribution < -0.4 is 10.6 Å². The fourth-order valence-corrected chi connectivity index (χ4v) is 4.75. The van der Waals surface area contributed by atoms with E-state index in [1.165, 1.54) is 23.1 Å². The van der Waals surface area contributed by atoms with Crippen molar-refractivity contribution < 1.29 is 22.7 Å². The third-order valence-electron chi connectivity index (χ3n) is 4.76. The largest absolute Gasteiger partial charge is 0.465 e. The summed E-state index contributed by atoms with van der Waals surface area (Å²) in [6.07, 6.45) is -1.68. The first kappa shape index (κ1) is 23.8. The molecule has 0 unspecified atom stereocenters. The average molecular weight is 495 g/mol. The molecule has 0 bridgehead atoms. The minimum atomic E-state index is -4.58. The number of alkyl halides is 3. The Morgan fingerprint density at radius 3 is 2.74 bits per heavy atom. The third-order valence-corrected chi connectivity index (χ3v) is 6.57. The molecule has 1 saturated carbocycles. The number of rotatable bonds is 8. The van der Waals surface area contributed by atoms with Crippen molar-refractivity contribution in [2.75, 3.05) is 19.0 Å². The van der Waals surface area contributed by atoms with Gasteiger partial charge in [-0.05, 0) is 44.0 Å². The summed E-state index contributed by atoms with van der Waals surface area (Å²) in [5.74, 6) is -0.417. The van der Waals surface area contributed by atoms with Gasteiger partial charge in [0.2, 0.25) is 0 Å². The molecule has 2 aromatic rings. The summed E-state index contributed by atoms with van der Waals surface area (Å²) in [6.45, 7) is 2.67. The number of nitrogens with zero attached hydrogens (tertiary/aromatic N) is 2. The Morgan fingerprint density at radius 2 is 2.16 bits per heavy atom. The van der Waals surface area contributed by atoms with Gasteiger partial charge in [0.25, 0.3) is 0 Å². The van der Waals surface area contributed by atoms with E-state index in [0.29, 0.717) is 34.3 Å². The lowest BCUT2D eigenvalue weighted by atomic mass is 10.2. The van der Waals surface area contributed by atoms with Crippen LogP contribution >= 0.6 is 35.2 Å². The number of methoxy groups -OCH3 is 1. The SMILES string of the molecule is CCc1cc(C(=O)OC)c(NC(=S)NCCCn2nc(C(F)(F)F)c(Cl)c2C2CC2)s1. The number of hydrogen-bond acceptors (Lipinski definition) is 5. The van der Waals surface area contributed by atoms with Crippen molar-refractivity contribution >= 4 is 51.2 Å². The third kappa shape index (κ3) is 5.69. The molecule has 1 aliphatic rings. The van der Waals surface area contributed by atoms with E-state index in [9.17, 15) is 18.0 Å². The van der Waals surface area contributed by atoms with Crippen LogP contribution in [-0.2, 0) is 23.9 Å². The van der Waals surface area contributed by atoms with Gasteiger partial charge in [-0.2, -0.15) is 18.3 Å². The first-order valence-electron chi connectivity index (χ1n) is 9.74. The molecule has 0 aliphatic heterocycles. The summed E-state index contributed by atoms with van der Waals surface area (Å²) in [4.78, 5) is 12.9. The summed E-state index contributed by atoms with van der Waals surface area (Å²) in [7, 11) is 1.31. The second kappa shape index (κ2) is 9.74. The smallest absolute Gasteiger partial charge is 0.436 e. The quantitative estimate of drug-likeness (QED) is 0.298. The number of ether oxygens (including phenoxy) is 1. The second-order valence-electron chi connectivity index (χ2n) is 7.08. The number of nitrogens with one attached hydrogen (secondary N) is 2. The lowest BCUT2D eigenvalue weighted by Gasteiger charge is -2.11. The molecule has 0 amide bonds. The van der Waals surface area contributed by atoms with Crippen LogP contribution in [0.25, 0.3) is 0 Å². The Morgan fingerprint density at radius 1 is 1.45 bits per heavy atom. The van der Waals surface area contributed by atoms with Crippen LogP contribution in [0.1, 0.15) is 58.7 Å². The van der Waals surface area contributed by atoms with Crippen molar-refractivity contribution in [1.29, 1.82) is 0 Å². The summed E-state index contributed by atoms with van der Waals surface area (Å²) in [5, 5.41) is 10.3. The second-order valence-corrected chi connectivity index (χ2v) is 9.00. The highest BCUT2D eigenvalue weighted by atomic mass is 35.5. The van der Waals surface area contributed by atoms with Gasteiger partial charge >= 0.3 is 12.1 Å². The van der Waals surface area contributed by atoms with Crippen LogP contribution in [0.3, 0.4) is 0 Å². The normalized spacial score (nSPS) is 13.9. The predicted octanol–water partition coefficient (Wildman–Crippen LogP) is 5.22. The Balaban J connectivity index is 1.57. The van der Waals surface area contributed by atoms with Crippen molar-refractivity contribution in [3.63, 3.8) is 0 Å². The number of esters is 1. The van der Waals surface area contributed by atoms with Crippen LogP contribution in [-0.4, -0.2) is 34.5 Å². The van der Waals surface area contributed by atoms with E-state index in [-0.39, 0.29) is 17.5 Å². The number of thiophene rings is 1. The average Bonchev–Trinajstić information content (AvgIpc) is 3.37. The van der Waals surface area contributed by atoms with Gasteiger partial charge in [-0.3, -0.25) is 4.68 Å². The molecule has 2 heterocycles. The Kier molecular flexibility index (Phi) is 7.48. The van der Waals surface area contributed by atoms with Gasteiger partial charge in [0.05, 0.1) is 23.4 Å². The molecule has 1 fully saturated rings. The number of carbonyl (C=O) groups excluding carboxylic acids is 1. The molecule has 31 heavy (non-hydrogen) atoms. The van der Waals surface area contributed by atoms with E-state index in [2.05, 4.69) is 15.7 Å². The maximum Gasteiger partial charge on any atom is 0.436 e. The highest BCUT2D eigenvalue weighted by Gasteiger charge is 2.41. The molecule has 6 nitrogen and oxygen atoms in total. The van der Waals surface area contributed by atoms with E-state index < -0.39 is 17.8 Å². The molecule has 1 aliphatic carbocycles. The Labute approximate surface area is 192 Å². The van der Waals surface area contributed by atoms with Crippen molar-refractivity contribution in [2.45, 2.75) is 51.2 Å². The van der Waals surface area contributed by atoms with Crippen molar-refractivity contribution in [1.82, 2.24) is 15.1 Å². The molecular weight excluding hydrogens is 473 g/mol. The zero-order chi connectivity index (χ0) is 22.8. The lowest BCUT2D eigenvalue weighted by molar-refractivity contribution is -0.141. The van der Waals surface area contributed by atoms with Gasteiger partial charge in [0.1, 0.15) is 5.00 Å². The maximum atomic E-state index is 13.1. The molecule has 12 heteroatoms. The van der Waals surface area contributed by atoms with Crippen molar-refractivity contribution in [3.8, 4) is 0 Å². The molecule has 3 rings (SSSR count). The van der Waals surface area contributed by atoms with E-state index >= 15 is 0 Å². The minimum absolute atomic E-state index is 0.0372. The minimum Gasteiger partial charge on any atom is -0.465 e. The molecule has 2 aromatic heterocycles. The van der Waals surface area contributed by atoms with Crippen molar-refractivity contribution in [2.24, 2.45) is 0 Å². The molecule has 2 N–H and O–H groups in total. The van der Waals surface area contributed by atoms with Gasteiger partial charge in [-0.15, -0.1) is 11.3 Å². The maximum absolute atomic E-state index is 13.1. The number of halogens is 4. The Bertz CT molecular complexity index is 970. The summed E-state index contributed by atoms with van der Waals surface area (Å²) in [5.41, 5.74) is -0.155. The van der Waals surface area contributed by atoms with Gasteiger partial charge < -0.3 is 15.4 Å². The van der Waals surface area contributed by atoms with E-state index in [1.54, 1.807) is 6.07 Å². The van der Waals surface area contributed by atoms with Gasteiger partial charge in [0, 0.05) is 23.9 Å². The molecule has 0 saturated heterocycles. The number of thiocarbonyl (C=S) groups is 1. The number of anilines is 1. The topological polar surface area (TPSA) is 68.2 Å². The van der Waals surface area contributed by atoms with Crippen LogP contribution in [0.4, 0.5) is 18.2 Å².